The molecule has 0 bridgehead atoms. The van der Waals surface area contributed by atoms with Gasteiger partial charge in [0.05, 0.1) is 0 Å². The Balaban J connectivity index is 1.61. The van der Waals surface area contributed by atoms with Crippen molar-refractivity contribution < 1.29 is 19.1 Å². The Morgan fingerprint density at radius 2 is 1.96 bits per heavy atom. The van der Waals surface area contributed by atoms with E-state index in [0.29, 0.717) is 31.3 Å². The third-order valence-corrected chi connectivity index (χ3v) is 4.12. The highest BCUT2D eigenvalue weighted by Gasteiger charge is 2.26. The molecule has 1 aromatic rings. The van der Waals surface area contributed by atoms with Gasteiger partial charge in [-0.1, -0.05) is 6.07 Å². The van der Waals surface area contributed by atoms with Crippen LogP contribution in [-0.4, -0.2) is 53.7 Å². The first-order valence-corrected chi connectivity index (χ1v) is 8.85. The second-order valence-electron chi connectivity index (χ2n) is 7.39. The number of hydrogen-bond donors (Lipinski definition) is 0. The number of pyridine rings is 1. The fourth-order valence-corrected chi connectivity index (χ4v) is 2.75. The number of aromatic nitrogens is 1. The minimum Gasteiger partial charge on any atom is -0.444 e. The normalized spacial score (nSPS) is 15.9. The summed E-state index contributed by atoms with van der Waals surface area (Å²) in [5, 5.41) is 0. The van der Waals surface area contributed by atoms with Crippen LogP contribution in [0.2, 0.25) is 0 Å². The molecule has 1 aromatic heterocycles. The Kier molecular flexibility index (Phi) is 6.93. The molecule has 0 N–H and O–H groups in total. The van der Waals surface area contributed by atoms with Crippen LogP contribution >= 0.6 is 0 Å². The van der Waals surface area contributed by atoms with E-state index in [1.807, 2.05) is 20.8 Å². The molecule has 0 aliphatic carbocycles. The zero-order chi connectivity index (χ0) is 18.3. The molecule has 0 aromatic carbocycles. The molecule has 2 heterocycles. The number of amides is 1. The number of Topliss-reactive ketones (excluding diaryl/α,β-unsaturated/α-hetero) is 1. The Hall–Kier alpha value is -1.95. The Morgan fingerprint density at radius 1 is 1.24 bits per heavy atom. The third-order valence-electron chi connectivity index (χ3n) is 4.12. The molecule has 25 heavy (non-hydrogen) atoms. The predicted molar refractivity (Wildman–Crippen MR) is 94.5 cm³/mol. The van der Waals surface area contributed by atoms with Gasteiger partial charge in [-0.2, -0.15) is 0 Å². The fraction of sp³-hybridized carbons (Fsp3) is 0.632. The summed E-state index contributed by atoms with van der Waals surface area (Å²) in [5.41, 5.74) is -0.0183. The molecule has 1 saturated heterocycles. The molecule has 138 valence electrons. The molecule has 0 saturated carbocycles. The number of likely N-dealkylation sites (tertiary alicyclic amines) is 1. The number of rotatable bonds is 6. The summed E-state index contributed by atoms with van der Waals surface area (Å²) in [4.78, 5) is 29.7. The molecule has 0 atom stereocenters. The zero-order valence-corrected chi connectivity index (χ0v) is 15.4. The number of piperidine rings is 1. The summed E-state index contributed by atoms with van der Waals surface area (Å²) >= 11 is 0. The predicted octanol–water partition coefficient (Wildman–Crippen LogP) is 3.32. The molecule has 6 heteroatoms. The summed E-state index contributed by atoms with van der Waals surface area (Å²) in [6, 6.07) is 5.26. The van der Waals surface area contributed by atoms with Crippen molar-refractivity contribution in [2.45, 2.75) is 45.6 Å². The van der Waals surface area contributed by atoms with Crippen molar-refractivity contribution in [3.63, 3.8) is 0 Å². The van der Waals surface area contributed by atoms with Gasteiger partial charge in [0.25, 0.3) is 0 Å². The van der Waals surface area contributed by atoms with Crippen LogP contribution in [0.3, 0.4) is 0 Å². The summed E-state index contributed by atoms with van der Waals surface area (Å²) in [6.45, 7) is 7.67. The van der Waals surface area contributed by atoms with Crippen LogP contribution in [0.5, 0.6) is 0 Å². The van der Waals surface area contributed by atoms with Crippen molar-refractivity contribution in [1.29, 1.82) is 0 Å². The monoisotopic (exact) mass is 348 g/mol. The van der Waals surface area contributed by atoms with Crippen LogP contribution in [0.15, 0.2) is 24.4 Å². The standard InChI is InChI=1S/C19H28N2O4/c1-19(2,3)25-18(23)21-11-7-15(8-12-21)9-13-24-14-17(22)16-6-4-5-10-20-16/h4-6,10,15H,7-9,11-14H2,1-3H3. The maximum atomic E-state index is 12.0. The molecule has 1 amide bonds. The lowest BCUT2D eigenvalue weighted by molar-refractivity contribution is 0.0166. The highest BCUT2D eigenvalue weighted by atomic mass is 16.6. The van der Waals surface area contributed by atoms with E-state index >= 15 is 0 Å². The van der Waals surface area contributed by atoms with E-state index in [1.54, 1.807) is 29.3 Å². The van der Waals surface area contributed by atoms with Crippen molar-refractivity contribution in [3.05, 3.63) is 30.1 Å². The largest absolute Gasteiger partial charge is 0.444 e. The number of carbonyl (C=O) groups excluding carboxylic acids is 2. The smallest absolute Gasteiger partial charge is 0.410 e. The Bertz CT molecular complexity index is 561. The third kappa shape index (κ3) is 6.82. The number of nitrogens with zero attached hydrogens (tertiary/aromatic N) is 2. The van der Waals surface area contributed by atoms with E-state index in [9.17, 15) is 9.59 Å². The van der Waals surface area contributed by atoms with E-state index in [4.69, 9.17) is 9.47 Å². The lowest BCUT2D eigenvalue weighted by Crippen LogP contribution is -2.41. The van der Waals surface area contributed by atoms with E-state index < -0.39 is 5.60 Å². The average molecular weight is 348 g/mol. The van der Waals surface area contributed by atoms with Crippen LogP contribution in [0.4, 0.5) is 4.79 Å². The maximum Gasteiger partial charge on any atom is 0.410 e. The van der Waals surface area contributed by atoms with E-state index in [1.165, 1.54) is 0 Å². The molecular weight excluding hydrogens is 320 g/mol. The zero-order valence-electron chi connectivity index (χ0n) is 15.4. The molecule has 1 aliphatic rings. The number of hydrogen-bond acceptors (Lipinski definition) is 5. The first-order chi connectivity index (χ1) is 11.8. The van der Waals surface area contributed by atoms with E-state index in [2.05, 4.69) is 4.98 Å². The first-order valence-electron chi connectivity index (χ1n) is 8.85. The van der Waals surface area contributed by atoms with Crippen LogP contribution in [0.1, 0.15) is 50.5 Å². The van der Waals surface area contributed by atoms with Gasteiger partial charge >= 0.3 is 6.09 Å². The van der Waals surface area contributed by atoms with Gasteiger partial charge in [0.15, 0.2) is 0 Å². The Morgan fingerprint density at radius 3 is 2.56 bits per heavy atom. The van der Waals surface area contributed by atoms with Gasteiger partial charge in [0, 0.05) is 25.9 Å². The molecule has 0 unspecified atom stereocenters. The quantitative estimate of drug-likeness (QED) is 0.583. The SMILES string of the molecule is CC(C)(C)OC(=O)N1CCC(CCOCC(=O)c2ccccn2)CC1. The number of ether oxygens (including phenoxy) is 2. The van der Waals surface area contributed by atoms with Gasteiger partial charge in [0.2, 0.25) is 5.78 Å². The summed E-state index contributed by atoms with van der Waals surface area (Å²) in [6.07, 6.45) is 4.15. The van der Waals surface area contributed by atoms with Gasteiger partial charge in [-0.15, -0.1) is 0 Å². The minimum atomic E-state index is -0.456. The highest BCUT2D eigenvalue weighted by Crippen LogP contribution is 2.22. The molecule has 1 aliphatic heterocycles. The van der Waals surface area contributed by atoms with E-state index in [0.717, 1.165) is 19.3 Å². The second-order valence-corrected chi connectivity index (χ2v) is 7.39. The van der Waals surface area contributed by atoms with Gasteiger partial charge in [-0.25, -0.2) is 4.79 Å². The highest BCUT2D eigenvalue weighted by molar-refractivity contribution is 5.95. The summed E-state index contributed by atoms with van der Waals surface area (Å²) in [7, 11) is 0. The van der Waals surface area contributed by atoms with Crippen molar-refractivity contribution in [2.75, 3.05) is 26.3 Å². The fourth-order valence-electron chi connectivity index (χ4n) is 2.75. The average Bonchev–Trinajstić information content (AvgIpc) is 2.58. The minimum absolute atomic E-state index is 0.0633. The van der Waals surface area contributed by atoms with Crippen LogP contribution < -0.4 is 0 Å². The van der Waals surface area contributed by atoms with Crippen molar-refractivity contribution >= 4 is 11.9 Å². The lowest BCUT2D eigenvalue weighted by Gasteiger charge is -2.33. The van der Waals surface area contributed by atoms with Gasteiger partial charge in [0.1, 0.15) is 17.9 Å². The molecule has 2 rings (SSSR count). The van der Waals surface area contributed by atoms with Gasteiger partial charge in [-0.3, -0.25) is 9.78 Å². The molecule has 0 spiro atoms. The van der Waals surface area contributed by atoms with Gasteiger partial charge in [-0.05, 0) is 58.1 Å². The Labute approximate surface area is 149 Å². The van der Waals surface area contributed by atoms with Gasteiger partial charge < -0.3 is 14.4 Å². The van der Waals surface area contributed by atoms with Crippen molar-refractivity contribution in [3.8, 4) is 0 Å². The van der Waals surface area contributed by atoms with Crippen LogP contribution in [0.25, 0.3) is 0 Å². The molecular formula is C19H28N2O4. The van der Waals surface area contributed by atoms with E-state index in [-0.39, 0.29) is 18.5 Å². The first kappa shape index (κ1) is 19.4. The van der Waals surface area contributed by atoms with Crippen LogP contribution in [-0.2, 0) is 9.47 Å². The summed E-state index contributed by atoms with van der Waals surface area (Å²) < 4.78 is 10.9. The number of carbonyl (C=O) groups is 2. The van der Waals surface area contributed by atoms with Crippen molar-refractivity contribution in [1.82, 2.24) is 9.88 Å². The van der Waals surface area contributed by atoms with Crippen LogP contribution in [0, 0.1) is 5.92 Å². The second kappa shape index (κ2) is 8.94. The molecule has 0 radical (unpaired) electrons. The topological polar surface area (TPSA) is 68.7 Å². The van der Waals surface area contributed by atoms with Crippen molar-refractivity contribution in [2.24, 2.45) is 5.92 Å². The number of ketones is 1. The molecule has 1 fully saturated rings. The maximum absolute atomic E-state index is 12.0. The molecule has 6 nitrogen and oxygen atoms in total. The lowest BCUT2D eigenvalue weighted by atomic mass is 9.94. The summed E-state index contributed by atoms with van der Waals surface area (Å²) in [5.74, 6) is 0.420.